The van der Waals surface area contributed by atoms with Gasteiger partial charge in [0, 0.05) is 13.8 Å². The van der Waals surface area contributed by atoms with Crippen LogP contribution in [0.3, 0.4) is 0 Å². The first kappa shape index (κ1) is 9.85. The molecule has 0 aromatic heterocycles. The summed E-state index contributed by atoms with van der Waals surface area (Å²) in [6.07, 6.45) is 0. The average molecular weight is 174 g/mol. The third-order valence-electron chi connectivity index (χ3n) is 0.993. The summed E-state index contributed by atoms with van der Waals surface area (Å²) in [6.45, 7) is 0.857. The van der Waals surface area contributed by atoms with Crippen molar-refractivity contribution in [1.82, 2.24) is 0 Å². The summed E-state index contributed by atoms with van der Waals surface area (Å²) in [5.41, 5.74) is 0. The zero-order valence-electron chi connectivity index (χ0n) is 5.40. The molecule has 0 saturated carbocycles. The summed E-state index contributed by atoms with van der Waals surface area (Å²) < 4.78 is 49.7. The fourth-order valence-electron chi connectivity index (χ4n) is 0.150. The predicted octanol–water partition coefficient (Wildman–Crippen LogP) is 2.55. The standard InChI is InChI=1S/C4H6F3O2P/c1-3(5,6)4(2,7)9-10-8/h1-2H3. The van der Waals surface area contributed by atoms with Crippen LogP contribution in [-0.4, -0.2) is 11.8 Å². The van der Waals surface area contributed by atoms with Crippen molar-refractivity contribution in [2.45, 2.75) is 25.6 Å². The van der Waals surface area contributed by atoms with Gasteiger partial charge in [0.15, 0.2) is 0 Å². The van der Waals surface area contributed by atoms with E-state index in [0.29, 0.717) is 13.8 Å². The van der Waals surface area contributed by atoms with Gasteiger partial charge in [-0.15, -0.1) is 0 Å². The molecule has 60 valence electrons. The maximum atomic E-state index is 12.4. The Morgan fingerprint density at radius 3 is 1.80 bits per heavy atom. The minimum absolute atomic E-state index is 0.345. The van der Waals surface area contributed by atoms with Gasteiger partial charge in [0.2, 0.25) is 0 Å². The number of alkyl halides is 3. The smallest absolute Gasteiger partial charge is 0.249 e. The normalized spacial score (nSPS) is 18.9. The van der Waals surface area contributed by atoms with E-state index in [1.165, 1.54) is 0 Å². The molecule has 0 heterocycles. The molecule has 0 bridgehead atoms. The maximum absolute atomic E-state index is 12.4. The lowest BCUT2D eigenvalue weighted by molar-refractivity contribution is -0.211. The molecule has 0 aliphatic heterocycles. The van der Waals surface area contributed by atoms with Crippen LogP contribution in [0.2, 0.25) is 0 Å². The Morgan fingerprint density at radius 2 is 1.70 bits per heavy atom. The molecule has 1 atom stereocenters. The molecule has 0 aromatic rings. The summed E-state index contributed by atoms with van der Waals surface area (Å²) in [6, 6.07) is 0. The lowest BCUT2D eigenvalue weighted by Gasteiger charge is -2.22. The largest absolute Gasteiger partial charge is 0.330 e. The molecule has 0 amide bonds. The lowest BCUT2D eigenvalue weighted by Crippen LogP contribution is -2.39. The Morgan fingerprint density at radius 1 is 1.30 bits per heavy atom. The summed E-state index contributed by atoms with van der Waals surface area (Å²) >= 11 is 0. The fourth-order valence-corrected chi connectivity index (χ4v) is 0.450. The zero-order chi connectivity index (χ0) is 8.41. The molecule has 2 nitrogen and oxygen atoms in total. The highest BCUT2D eigenvalue weighted by Crippen LogP contribution is 2.35. The van der Waals surface area contributed by atoms with Crippen LogP contribution >= 0.6 is 8.69 Å². The molecule has 6 heteroatoms. The molecule has 0 aromatic carbocycles. The van der Waals surface area contributed by atoms with E-state index in [1.54, 1.807) is 0 Å². The zero-order valence-corrected chi connectivity index (χ0v) is 6.29. The van der Waals surface area contributed by atoms with Crippen LogP contribution in [0.4, 0.5) is 13.2 Å². The SMILES string of the molecule is CC(F)(F)C(C)(F)OP=O. The van der Waals surface area contributed by atoms with E-state index in [1.807, 2.05) is 0 Å². The van der Waals surface area contributed by atoms with Crippen molar-refractivity contribution in [3.05, 3.63) is 0 Å². The highest BCUT2D eigenvalue weighted by atomic mass is 31.1. The van der Waals surface area contributed by atoms with Gasteiger partial charge in [-0.3, -0.25) is 0 Å². The molecule has 0 fully saturated rings. The quantitative estimate of drug-likeness (QED) is 0.614. The van der Waals surface area contributed by atoms with Crippen LogP contribution in [0.15, 0.2) is 0 Å². The van der Waals surface area contributed by atoms with E-state index in [2.05, 4.69) is 4.52 Å². The van der Waals surface area contributed by atoms with Gasteiger partial charge in [0.05, 0.1) is 0 Å². The van der Waals surface area contributed by atoms with Crippen LogP contribution in [-0.2, 0) is 9.09 Å². The third-order valence-corrected chi connectivity index (χ3v) is 1.41. The summed E-state index contributed by atoms with van der Waals surface area (Å²) in [4.78, 5) is 0. The van der Waals surface area contributed by atoms with Crippen molar-refractivity contribution < 1.29 is 22.3 Å². The van der Waals surface area contributed by atoms with E-state index >= 15 is 0 Å². The molecule has 0 radical (unpaired) electrons. The second-order valence-electron chi connectivity index (χ2n) is 1.97. The first-order valence-corrected chi connectivity index (χ1v) is 3.12. The van der Waals surface area contributed by atoms with Gasteiger partial charge in [-0.25, -0.2) is 22.3 Å². The summed E-state index contributed by atoms with van der Waals surface area (Å²) in [7, 11) is -1.10. The van der Waals surface area contributed by atoms with Crippen LogP contribution in [0, 0.1) is 0 Å². The first-order chi connectivity index (χ1) is 4.31. The van der Waals surface area contributed by atoms with Gasteiger partial charge in [-0.05, 0) is 0 Å². The van der Waals surface area contributed by atoms with Crippen molar-refractivity contribution in [3.8, 4) is 0 Å². The second-order valence-corrected chi connectivity index (χ2v) is 2.30. The number of hydrogen-bond acceptors (Lipinski definition) is 2. The predicted molar refractivity (Wildman–Crippen MR) is 28.8 cm³/mol. The van der Waals surface area contributed by atoms with Gasteiger partial charge in [0.1, 0.15) is 0 Å². The van der Waals surface area contributed by atoms with Gasteiger partial charge in [0.25, 0.3) is 5.85 Å². The van der Waals surface area contributed by atoms with E-state index < -0.39 is 20.5 Å². The van der Waals surface area contributed by atoms with Gasteiger partial charge in [-0.2, -0.15) is 0 Å². The number of hydrogen-bond donors (Lipinski definition) is 0. The van der Waals surface area contributed by atoms with Crippen molar-refractivity contribution in [3.63, 3.8) is 0 Å². The minimum atomic E-state index is -3.65. The molecule has 0 rings (SSSR count). The van der Waals surface area contributed by atoms with Gasteiger partial charge >= 0.3 is 14.6 Å². The van der Waals surface area contributed by atoms with Crippen molar-refractivity contribution in [1.29, 1.82) is 0 Å². The molecule has 0 N–H and O–H groups in total. The van der Waals surface area contributed by atoms with E-state index in [9.17, 15) is 17.7 Å². The Kier molecular flexibility index (Phi) is 2.80. The first-order valence-electron chi connectivity index (χ1n) is 2.39. The molecule has 1 unspecified atom stereocenters. The molecule has 0 aliphatic rings. The van der Waals surface area contributed by atoms with Gasteiger partial charge < -0.3 is 0 Å². The maximum Gasteiger partial charge on any atom is 0.330 e. The van der Waals surface area contributed by atoms with Crippen LogP contribution < -0.4 is 0 Å². The van der Waals surface area contributed by atoms with Crippen LogP contribution in [0.1, 0.15) is 13.8 Å². The topological polar surface area (TPSA) is 26.3 Å². The van der Waals surface area contributed by atoms with E-state index in [0.717, 1.165) is 0 Å². The highest BCUT2D eigenvalue weighted by molar-refractivity contribution is 7.17. The van der Waals surface area contributed by atoms with E-state index in [-0.39, 0.29) is 0 Å². The Balaban J connectivity index is 4.23. The molecule has 10 heavy (non-hydrogen) atoms. The Bertz CT molecular complexity index is 131. The molecular formula is C4H6F3O2P. The third kappa shape index (κ3) is 2.23. The minimum Gasteiger partial charge on any atom is -0.249 e. The van der Waals surface area contributed by atoms with Gasteiger partial charge in [-0.1, -0.05) is 0 Å². The van der Waals surface area contributed by atoms with Crippen LogP contribution in [0.25, 0.3) is 0 Å². The number of rotatable bonds is 3. The fraction of sp³-hybridized carbons (Fsp3) is 1.00. The highest BCUT2D eigenvalue weighted by Gasteiger charge is 2.48. The second kappa shape index (κ2) is 2.84. The lowest BCUT2D eigenvalue weighted by atomic mass is 10.2. The molecule has 0 aliphatic carbocycles. The van der Waals surface area contributed by atoms with Crippen molar-refractivity contribution >= 4 is 8.69 Å². The van der Waals surface area contributed by atoms with E-state index in [4.69, 9.17) is 0 Å². The molecular weight excluding hydrogens is 168 g/mol. The monoisotopic (exact) mass is 174 g/mol. The summed E-state index contributed by atoms with van der Waals surface area (Å²) in [5.74, 6) is -6.82. The number of halogens is 3. The van der Waals surface area contributed by atoms with Crippen molar-refractivity contribution in [2.24, 2.45) is 0 Å². The molecule has 0 saturated heterocycles. The van der Waals surface area contributed by atoms with Crippen molar-refractivity contribution in [2.75, 3.05) is 0 Å². The molecule has 0 spiro atoms. The summed E-state index contributed by atoms with van der Waals surface area (Å²) in [5, 5.41) is 0. The van der Waals surface area contributed by atoms with Crippen LogP contribution in [0.5, 0.6) is 0 Å². The Labute approximate surface area is 57.7 Å². The average Bonchev–Trinajstić information content (AvgIpc) is 1.61. The Hall–Kier alpha value is -0.150.